The van der Waals surface area contributed by atoms with E-state index in [1.54, 1.807) is 25.1 Å². The lowest BCUT2D eigenvalue weighted by Gasteiger charge is -2.05. The lowest BCUT2D eigenvalue weighted by atomic mass is 10.2. The molecule has 3 N–H and O–H groups in total. The van der Waals surface area contributed by atoms with Crippen LogP contribution < -0.4 is 11.4 Å². The number of benzene rings is 1. The number of nitrogen functional groups attached to an aromatic ring is 1. The van der Waals surface area contributed by atoms with Gasteiger partial charge in [-0.05, 0) is 43.2 Å². The molecule has 8 heteroatoms. The molecule has 0 bridgehead atoms. The van der Waals surface area contributed by atoms with Crippen LogP contribution in [-0.4, -0.2) is 17.4 Å². The van der Waals surface area contributed by atoms with E-state index >= 15 is 0 Å². The number of thiophene rings is 1. The third-order valence-electron chi connectivity index (χ3n) is 3.51. The molecule has 0 radical (unpaired) electrons. The van der Waals surface area contributed by atoms with E-state index in [9.17, 15) is 13.2 Å². The molecule has 0 aliphatic carbocycles. The molecule has 0 saturated heterocycles. The van der Waals surface area contributed by atoms with Gasteiger partial charge in [0, 0.05) is 10.6 Å². The van der Waals surface area contributed by atoms with Gasteiger partial charge in [-0.25, -0.2) is 4.79 Å². The highest BCUT2D eigenvalue weighted by molar-refractivity contribution is 7.92. The maximum absolute atomic E-state index is 12.8. The van der Waals surface area contributed by atoms with Crippen LogP contribution >= 0.6 is 11.3 Å². The zero-order valence-corrected chi connectivity index (χ0v) is 13.7. The first-order valence-corrected chi connectivity index (χ1v) is 8.95. The standard InChI is InChI=1S/C14H15N3O3S2/c1-3-9-4-5-13(21-9)22(19,20)17-12-6-8(2)10(15)7-11(12)16-14(17)18/h4-7H,3,15H2,1-2H3,(H,16,18). The molecule has 0 amide bonds. The number of hydrogen-bond acceptors (Lipinski definition) is 5. The van der Waals surface area contributed by atoms with Crippen LogP contribution in [-0.2, 0) is 16.4 Å². The minimum absolute atomic E-state index is 0.154. The van der Waals surface area contributed by atoms with Gasteiger partial charge in [-0.1, -0.05) is 6.92 Å². The van der Waals surface area contributed by atoms with Gasteiger partial charge in [0.05, 0.1) is 11.0 Å². The number of rotatable bonds is 3. The van der Waals surface area contributed by atoms with Crippen LogP contribution in [0.25, 0.3) is 11.0 Å². The van der Waals surface area contributed by atoms with Crippen LogP contribution in [0.1, 0.15) is 17.4 Å². The highest BCUT2D eigenvalue weighted by Crippen LogP contribution is 2.27. The summed E-state index contributed by atoms with van der Waals surface area (Å²) in [5.41, 5.74) is 7.06. The van der Waals surface area contributed by atoms with Crippen LogP contribution in [0.5, 0.6) is 0 Å². The van der Waals surface area contributed by atoms with E-state index in [1.807, 2.05) is 6.92 Å². The highest BCUT2D eigenvalue weighted by Gasteiger charge is 2.24. The highest BCUT2D eigenvalue weighted by atomic mass is 32.2. The number of aryl methyl sites for hydroxylation is 2. The zero-order valence-electron chi connectivity index (χ0n) is 12.1. The van der Waals surface area contributed by atoms with E-state index in [2.05, 4.69) is 4.98 Å². The predicted octanol–water partition coefficient (Wildman–Crippen LogP) is 2.08. The minimum Gasteiger partial charge on any atom is -0.398 e. The molecular formula is C14H15N3O3S2. The van der Waals surface area contributed by atoms with E-state index in [4.69, 9.17) is 5.73 Å². The number of aromatic amines is 1. The Balaban J connectivity index is 2.31. The lowest BCUT2D eigenvalue weighted by Crippen LogP contribution is -2.24. The van der Waals surface area contributed by atoms with Crippen LogP contribution in [0.3, 0.4) is 0 Å². The van der Waals surface area contributed by atoms with Gasteiger partial charge in [-0.2, -0.15) is 12.4 Å². The van der Waals surface area contributed by atoms with Crippen LogP contribution in [0, 0.1) is 6.92 Å². The second kappa shape index (κ2) is 4.99. The topological polar surface area (TPSA) is 98.0 Å². The number of hydrogen-bond donors (Lipinski definition) is 2. The fraction of sp³-hybridized carbons (Fsp3) is 0.214. The summed E-state index contributed by atoms with van der Waals surface area (Å²) in [6.45, 7) is 3.72. The molecule has 0 saturated carbocycles. The first-order valence-electron chi connectivity index (χ1n) is 6.69. The normalized spacial score (nSPS) is 12.1. The Bertz CT molecular complexity index is 1030. The van der Waals surface area contributed by atoms with E-state index in [-0.39, 0.29) is 4.21 Å². The molecule has 6 nitrogen and oxygen atoms in total. The van der Waals surface area contributed by atoms with Crippen molar-refractivity contribution in [1.29, 1.82) is 0 Å². The smallest absolute Gasteiger partial charge is 0.340 e. The summed E-state index contributed by atoms with van der Waals surface area (Å²) in [5.74, 6) is 0. The Hall–Kier alpha value is -2.06. The molecule has 0 unspecified atom stereocenters. The molecule has 116 valence electrons. The third-order valence-corrected chi connectivity index (χ3v) is 6.90. The molecule has 2 aromatic heterocycles. The van der Waals surface area contributed by atoms with Gasteiger partial charge < -0.3 is 10.7 Å². The van der Waals surface area contributed by atoms with E-state index in [0.29, 0.717) is 16.7 Å². The van der Waals surface area contributed by atoms with Gasteiger partial charge in [0.25, 0.3) is 10.0 Å². The predicted molar refractivity (Wildman–Crippen MR) is 88.0 cm³/mol. The fourth-order valence-corrected chi connectivity index (χ4v) is 5.00. The quantitative estimate of drug-likeness (QED) is 0.715. The third kappa shape index (κ3) is 2.15. The van der Waals surface area contributed by atoms with Crippen LogP contribution in [0.15, 0.2) is 33.3 Å². The van der Waals surface area contributed by atoms with Crippen molar-refractivity contribution in [2.75, 3.05) is 5.73 Å². The molecule has 0 aliphatic rings. The molecule has 3 rings (SSSR count). The molecule has 0 spiro atoms. The number of anilines is 1. The summed E-state index contributed by atoms with van der Waals surface area (Å²) < 4.78 is 26.5. The molecule has 0 fully saturated rings. The molecule has 2 heterocycles. The summed E-state index contributed by atoms with van der Waals surface area (Å²) >= 11 is 1.18. The van der Waals surface area contributed by atoms with Gasteiger partial charge in [0.15, 0.2) is 0 Å². The Morgan fingerprint density at radius 2 is 2.05 bits per heavy atom. The number of nitrogens with one attached hydrogen (secondary N) is 1. The van der Waals surface area contributed by atoms with Gasteiger partial charge >= 0.3 is 5.69 Å². The minimum atomic E-state index is -3.92. The van der Waals surface area contributed by atoms with Gasteiger partial charge in [0.1, 0.15) is 4.21 Å². The first-order chi connectivity index (χ1) is 10.3. The maximum Gasteiger partial charge on any atom is 0.340 e. The Morgan fingerprint density at radius 3 is 2.68 bits per heavy atom. The first kappa shape index (κ1) is 14.9. The Kier molecular flexibility index (Phi) is 3.37. The summed E-state index contributed by atoms with van der Waals surface area (Å²) in [6, 6.07) is 6.48. The number of H-pyrrole nitrogens is 1. The molecule has 22 heavy (non-hydrogen) atoms. The van der Waals surface area contributed by atoms with Gasteiger partial charge in [-0.3, -0.25) is 0 Å². The van der Waals surface area contributed by atoms with Gasteiger partial charge in [-0.15, -0.1) is 11.3 Å². The van der Waals surface area contributed by atoms with Crippen molar-refractivity contribution in [1.82, 2.24) is 8.96 Å². The summed E-state index contributed by atoms with van der Waals surface area (Å²) in [4.78, 5) is 15.6. The molecule has 1 aromatic carbocycles. The maximum atomic E-state index is 12.8. The second-order valence-electron chi connectivity index (χ2n) is 5.00. The van der Waals surface area contributed by atoms with Crippen LogP contribution in [0.4, 0.5) is 5.69 Å². The van der Waals surface area contributed by atoms with E-state index in [1.165, 1.54) is 17.4 Å². The van der Waals surface area contributed by atoms with Crippen molar-refractivity contribution in [3.63, 3.8) is 0 Å². The van der Waals surface area contributed by atoms with Crippen molar-refractivity contribution in [2.45, 2.75) is 24.5 Å². The van der Waals surface area contributed by atoms with Crippen molar-refractivity contribution in [2.24, 2.45) is 0 Å². The summed E-state index contributed by atoms with van der Waals surface area (Å²) in [7, 11) is -3.92. The average molecular weight is 337 g/mol. The van der Waals surface area contributed by atoms with Crippen molar-refractivity contribution >= 4 is 38.1 Å². The zero-order chi connectivity index (χ0) is 16.1. The molecular weight excluding hydrogens is 322 g/mol. The second-order valence-corrected chi connectivity index (χ2v) is 8.18. The largest absolute Gasteiger partial charge is 0.398 e. The Morgan fingerprint density at radius 1 is 1.32 bits per heavy atom. The number of nitrogens with zero attached hydrogens (tertiary/aromatic N) is 1. The molecule has 0 atom stereocenters. The summed E-state index contributed by atoms with van der Waals surface area (Å²) in [6.07, 6.45) is 0.749. The molecule has 3 aromatic rings. The Labute approximate surface area is 131 Å². The lowest BCUT2D eigenvalue weighted by molar-refractivity contribution is 0.589. The van der Waals surface area contributed by atoms with Crippen molar-refractivity contribution in [3.05, 3.63) is 45.2 Å². The number of fused-ring (bicyclic) bond motifs is 1. The van der Waals surface area contributed by atoms with Gasteiger partial charge in [0.2, 0.25) is 0 Å². The van der Waals surface area contributed by atoms with Crippen molar-refractivity contribution in [3.8, 4) is 0 Å². The monoisotopic (exact) mass is 337 g/mol. The summed E-state index contributed by atoms with van der Waals surface area (Å²) in [5, 5.41) is 0. The van der Waals surface area contributed by atoms with E-state index < -0.39 is 15.7 Å². The van der Waals surface area contributed by atoms with Crippen LogP contribution in [0.2, 0.25) is 0 Å². The number of nitrogens with two attached hydrogens (primary N) is 1. The van der Waals surface area contributed by atoms with Crippen molar-refractivity contribution < 1.29 is 8.42 Å². The molecule has 0 aliphatic heterocycles. The average Bonchev–Trinajstić information content (AvgIpc) is 3.04. The van der Waals surface area contributed by atoms with E-state index in [0.717, 1.165) is 20.8 Å². The number of aromatic nitrogens is 2. The number of imidazole rings is 1. The fourth-order valence-electron chi connectivity index (χ4n) is 2.27. The SMILES string of the molecule is CCc1ccc(S(=O)(=O)n2c(=O)[nH]c3cc(N)c(C)cc32)s1.